The van der Waals surface area contributed by atoms with Crippen LogP contribution in [0.15, 0.2) is 12.1 Å². The third-order valence-electron chi connectivity index (χ3n) is 2.68. The number of benzene rings is 1. The van der Waals surface area contributed by atoms with Crippen molar-refractivity contribution in [3.05, 3.63) is 23.3 Å². The van der Waals surface area contributed by atoms with E-state index in [4.69, 9.17) is 16.9 Å². The summed E-state index contributed by atoms with van der Waals surface area (Å²) in [4.78, 5) is 0. The van der Waals surface area contributed by atoms with E-state index in [2.05, 4.69) is 0 Å². The molecule has 0 bridgehead atoms. The molecule has 0 spiro atoms. The molecule has 0 aromatic heterocycles. The Balaban J connectivity index is 2.45. The van der Waals surface area contributed by atoms with E-state index in [1.807, 2.05) is 19.1 Å². The molecular formula is C11H15N3. The molecule has 2 rings (SSSR count). The van der Waals surface area contributed by atoms with Crippen molar-refractivity contribution >= 4 is 17.1 Å². The van der Waals surface area contributed by atoms with E-state index in [1.54, 1.807) is 0 Å². The Hall–Kier alpha value is -1.51. The molecule has 5 N–H and O–H groups in total. The monoisotopic (exact) mass is 189 g/mol. The van der Waals surface area contributed by atoms with Crippen LogP contribution in [0.2, 0.25) is 0 Å². The molecule has 0 atom stereocenters. The summed E-state index contributed by atoms with van der Waals surface area (Å²) in [6, 6.07) is 3.65. The zero-order chi connectivity index (χ0) is 10.3. The van der Waals surface area contributed by atoms with Crippen molar-refractivity contribution in [3.63, 3.8) is 0 Å². The summed E-state index contributed by atoms with van der Waals surface area (Å²) in [6.07, 6.45) is 2.23. The van der Waals surface area contributed by atoms with Crippen molar-refractivity contribution in [2.75, 3.05) is 11.5 Å². The zero-order valence-electron chi connectivity index (χ0n) is 8.30. The lowest BCUT2D eigenvalue weighted by molar-refractivity contribution is 1.16. The number of nitrogen functional groups attached to an aromatic ring is 2. The van der Waals surface area contributed by atoms with Crippen LogP contribution in [-0.2, 0) is 0 Å². The minimum absolute atomic E-state index is 0.415. The average molecular weight is 189 g/mol. The topological polar surface area (TPSA) is 75.9 Å². The van der Waals surface area contributed by atoms with Crippen molar-refractivity contribution in [2.45, 2.75) is 19.8 Å². The number of hydrogen-bond acceptors (Lipinski definition) is 3. The van der Waals surface area contributed by atoms with Crippen molar-refractivity contribution in [1.29, 1.82) is 5.41 Å². The van der Waals surface area contributed by atoms with Crippen molar-refractivity contribution in [3.8, 4) is 0 Å². The maximum absolute atomic E-state index is 7.95. The molecule has 0 heterocycles. The van der Waals surface area contributed by atoms with E-state index in [1.165, 1.54) is 0 Å². The fourth-order valence-electron chi connectivity index (χ4n) is 1.64. The largest absolute Gasteiger partial charge is 0.399 e. The van der Waals surface area contributed by atoms with Crippen LogP contribution in [-0.4, -0.2) is 5.71 Å². The van der Waals surface area contributed by atoms with Gasteiger partial charge in [-0.1, -0.05) is 0 Å². The normalized spacial score (nSPS) is 15.5. The number of hydrogen-bond donors (Lipinski definition) is 3. The van der Waals surface area contributed by atoms with Gasteiger partial charge in [0.15, 0.2) is 0 Å². The fourth-order valence-corrected chi connectivity index (χ4v) is 1.64. The van der Waals surface area contributed by atoms with E-state index in [9.17, 15) is 0 Å². The number of rotatable bonds is 2. The van der Waals surface area contributed by atoms with Gasteiger partial charge in [-0.25, -0.2) is 0 Å². The first kappa shape index (κ1) is 9.06. The quantitative estimate of drug-likeness (QED) is 0.491. The minimum Gasteiger partial charge on any atom is -0.399 e. The molecule has 1 saturated carbocycles. The van der Waals surface area contributed by atoms with Gasteiger partial charge in [0, 0.05) is 28.6 Å². The molecule has 14 heavy (non-hydrogen) atoms. The maximum Gasteiger partial charge on any atom is 0.0438 e. The molecule has 1 aromatic carbocycles. The smallest absolute Gasteiger partial charge is 0.0438 e. The summed E-state index contributed by atoms with van der Waals surface area (Å²) >= 11 is 0. The summed E-state index contributed by atoms with van der Waals surface area (Å²) in [5.41, 5.74) is 15.5. The Morgan fingerprint density at radius 2 is 2.00 bits per heavy atom. The minimum atomic E-state index is 0.415. The molecule has 0 radical (unpaired) electrons. The first-order chi connectivity index (χ1) is 6.59. The lowest BCUT2D eigenvalue weighted by Gasteiger charge is -2.10. The highest BCUT2D eigenvalue weighted by atomic mass is 14.6. The highest BCUT2D eigenvalue weighted by Crippen LogP contribution is 2.35. The Kier molecular flexibility index (Phi) is 1.95. The molecule has 1 aromatic rings. The summed E-state index contributed by atoms with van der Waals surface area (Å²) < 4.78 is 0. The van der Waals surface area contributed by atoms with Crippen LogP contribution in [0.1, 0.15) is 24.0 Å². The Bertz CT molecular complexity index is 392. The van der Waals surface area contributed by atoms with Crippen molar-refractivity contribution < 1.29 is 0 Å². The predicted molar refractivity (Wildman–Crippen MR) is 59.6 cm³/mol. The summed E-state index contributed by atoms with van der Waals surface area (Å²) in [6.45, 7) is 1.93. The van der Waals surface area contributed by atoms with Gasteiger partial charge in [0.05, 0.1) is 0 Å². The van der Waals surface area contributed by atoms with Gasteiger partial charge < -0.3 is 16.9 Å². The van der Waals surface area contributed by atoms with Gasteiger partial charge in [-0.2, -0.15) is 0 Å². The number of aryl methyl sites for hydroxylation is 1. The van der Waals surface area contributed by atoms with Crippen LogP contribution in [0.3, 0.4) is 0 Å². The van der Waals surface area contributed by atoms with Gasteiger partial charge in [-0.05, 0) is 37.5 Å². The molecule has 3 heteroatoms. The molecule has 0 amide bonds. The van der Waals surface area contributed by atoms with Crippen LogP contribution in [0.4, 0.5) is 11.4 Å². The van der Waals surface area contributed by atoms with Crippen LogP contribution in [0.25, 0.3) is 0 Å². The van der Waals surface area contributed by atoms with E-state index >= 15 is 0 Å². The van der Waals surface area contributed by atoms with Gasteiger partial charge in [0.2, 0.25) is 0 Å². The number of nitrogens with one attached hydrogen (secondary N) is 1. The highest BCUT2D eigenvalue weighted by molar-refractivity contribution is 6.06. The van der Waals surface area contributed by atoms with Gasteiger partial charge in [0.25, 0.3) is 0 Å². The third kappa shape index (κ3) is 1.45. The van der Waals surface area contributed by atoms with E-state index in [-0.39, 0.29) is 0 Å². The van der Waals surface area contributed by atoms with Crippen LogP contribution in [0, 0.1) is 18.3 Å². The summed E-state index contributed by atoms with van der Waals surface area (Å²) in [5, 5.41) is 7.95. The second kappa shape index (κ2) is 3.01. The van der Waals surface area contributed by atoms with Gasteiger partial charge in [0.1, 0.15) is 0 Å². The van der Waals surface area contributed by atoms with E-state index < -0.39 is 0 Å². The third-order valence-corrected chi connectivity index (χ3v) is 2.68. The number of nitrogens with two attached hydrogens (primary N) is 2. The van der Waals surface area contributed by atoms with Crippen LogP contribution in [0.5, 0.6) is 0 Å². The zero-order valence-corrected chi connectivity index (χ0v) is 8.30. The Labute approximate surface area is 83.6 Å². The standard InChI is InChI=1S/C11H15N3/c1-6-4-8(12)5-9(10(6)13)11(14)7-2-3-7/h4-5,7,14H,2-3,12-13H2,1H3. The van der Waals surface area contributed by atoms with Crippen LogP contribution >= 0.6 is 0 Å². The lowest BCUT2D eigenvalue weighted by Crippen LogP contribution is -2.08. The first-order valence-electron chi connectivity index (χ1n) is 4.84. The number of anilines is 2. The average Bonchev–Trinajstić information content (AvgIpc) is 2.93. The summed E-state index contributed by atoms with van der Waals surface area (Å²) in [5.74, 6) is 0.415. The predicted octanol–water partition coefficient (Wildman–Crippen LogP) is 1.94. The summed E-state index contributed by atoms with van der Waals surface area (Å²) in [7, 11) is 0. The molecule has 1 aliphatic carbocycles. The van der Waals surface area contributed by atoms with Gasteiger partial charge >= 0.3 is 0 Å². The molecule has 1 aliphatic rings. The molecule has 1 fully saturated rings. The van der Waals surface area contributed by atoms with Gasteiger partial charge in [-0.15, -0.1) is 0 Å². The van der Waals surface area contributed by atoms with Crippen LogP contribution < -0.4 is 11.5 Å². The van der Waals surface area contributed by atoms with Gasteiger partial charge in [-0.3, -0.25) is 0 Å². The molecule has 0 unspecified atom stereocenters. The first-order valence-corrected chi connectivity index (χ1v) is 4.84. The van der Waals surface area contributed by atoms with E-state index in [0.29, 0.717) is 23.0 Å². The van der Waals surface area contributed by atoms with Crippen molar-refractivity contribution in [1.82, 2.24) is 0 Å². The molecular weight excluding hydrogens is 174 g/mol. The van der Waals surface area contributed by atoms with E-state index in [0.717, 1.165) is 24.0 Å². The maximum atomic E-state index is 7.95. The SMILES string of the molecule is Cc1cc(N)cc(C(=N)C2CC2)c1N. The Morgan fingerprint density at radius 3 is 2.57 bits per heavy atom. The molecule has 0 saturated heterocycles. The lowest BCUT2D eigenvalue weighted by atomic mass is 10.0. The fraction of sp³-hybridized carbons (Fsp3) is 0.364. The second-order valence-corrected chi connectivity index (χ2v) is 3.99. The molecule has 74 valence electrons. The van der Waals surface area contributed by atoms with Crippen molar-refractivity contribution in [2.24, 2.45) is 5.92 Å². The Morgan fingerprint density at radius 1 is 1.36 bits per heavy atom. The molecule has 3 nitrogen and oxygen atoms in total. The highest BCUT2D eigenvalue weighted by Gasteiger charge is 2.28. The second-order valence-electron chi connectivity index (χ2n) is 3.99. The molecule has 0 aliphatic heterocycles.